The molecule has 6 heteroatoms. The van der Waals surface area contributed by atoms with Gasteiger partial charge in [-0.25, -0.2) is 4.79 Å². The highest BCUT2D eigenvalue weighted by Gasteiger charge is 2.15. The number of carboxylic acid groups (broad SMARTS) is 1. The summed E-state index contributed by atoms with van der Waals surface area (Å²) in [4.78, 5) is 11.1. The van der Waals surface area contributed by atoms with E-state index in [-0.39, 0.29) is 5.56 Å². The van der Waals surface area contributed by atoms with E-state index in [1.807, 2.05) is 47.7 Å². The Morgan fingerprint density at radius 2 is 2.05 bits per heavy atom. The monoisotopic (exact) mass is 432 g/mol. The molecule has 2 aromatic rings. The predicted molar refractivity (Wildman–Crippen MR) is 93.1 cm³/mol. The van der Waals surface area contributed by atoms with Gasteiger partial charge in [-0.1, -0.05) is 23.7 Å². The van der Waals surface area contributed by atoms with Gasteiger partial charge < -0.3 is 14.6 Å². The molecule has 0 aromatic heterocycles. The number of halogens is 2. The van der Waals surface area contributed by atoms with Crippen molar-refractivity contribution in [1.82, 2.24) is 0 Å². The van der Waals surface area contributed by atoms with Gasteiger partial charge in [-0.15, -0.1) is 0 Å². The van der Waals surface area contributed by atoms with Gasteiger partial charge in [0.15, 0.2) is 11.5 Å². The SMILES string of the molecule is CCOc1cc(C(=O)O)cc(I)c1OCc1cccc(Cl)c1. The molecule has 0 spiro atoms. The summed E-state index contributed by atoms with van der Waals surface area (Å²) in [5.41, 5.74) is 1.09. The van der Waals surface area contributed by atoms with E-state index in [4.69, 9.17) is 26.2 Å². The number of aromatic carboxylic acids is 1. The molecular formula is C16H14ClIO4. The quantitative estimate of drug-likeness (QED) is 0.677. The van der Waals surface area contributed by atoms with Crippen LogP contribution in [0, 0.1) is 3.57 Å². The molecule has 4 nitrogen and oxygen atoms in total. The molecule has 0 unspecified atom stereocenters. The molecule has 0 aliphatic rings. The average molecular weight is 433 g/mol. The molecule has 0 aliphatic heterocycles. The molecule has 0 amide bonds. The first kappa shape index (κ1) is 16.9. The second-order valence-corrected chi connectivity index (χ2v) is 6.04. The first-order valence-electron chi connectivity index (χ1n) is 6.58. The number of rotatable bonds is 6. The first-order valence-corrected chi connectivity index (χ1v) is 8.03. The van der Waals surface area contributed by atoms with Crippen LogP contribution >= 0.6 is 34.2 Å². The van der Waals surface area contributed by atoms with E-state index in [9.17, 15) is 4.79 Å². The molecule has 0 atom stereocenters. The lowest BCUT2D eigenvalue weighted by atomic mass is 10.2. The summed E-state index contributed by atoms with van der Waals surface area (Å²) in [6, 6.07) is 10.4. The van der Waals surface area contributed by atoms with Crippen molar-refractivity contribution < 1.29 is 19.4 Å². The number of ether oxygens (including phenoxy) is 2. The predicted octanol–water partition coefficient (Wildman–Crippen LogP) is 4.62. The lowest BCUT2D eigenvalue weighted by Crippen LogP contribution is -2.04. The van der Waals surface area contributed by atoms with E-state index in [0.717, 1.165) is 5.56 Å². The van der Waals surface area contributed by atoms with Crippen LogP contribution in [0.4, 0.5) is 0 Å². The van der Waals surface area contributed by atoms with Gasteiger partial charge in [0.05, 0.1) is 15.7 Å². The topological polar surface area (TPSA) is 55.8 Å². The van der Waals surface area contributed by atoms with Gasteiger partial charge in [-0.05, 0) is 59.3 Å². The van der Waals surface area contributed by atoms with Crippen molar-refractivity contribution in [2.24, 2.45) is 0 Å². The Balaban J connectivity index is 2.27. The van der Waals surface area contributed by atoms with Crippen LogP contribution < -0.4 is 9.47 Å². The summed E-state index contributed by atoms with van der Waals surface area (Å²) in [5.74, 6) is -0.0403. The largest absolute Gasteiger partial charge is 0.490 e. The second-order valence-electron chi connectivity index (χ2n) is 4.44. The molecular weight excluding hydrogens is 419 g/mol. The molecule has 2 aromatic carbocycles. The third kappa shape index (κ3) is 4.27. The van der Waals surface area contributed by atoms with Crippen LogP contribution in [0.1, 0.15) is 22.8 Å². The number of hydrogen-bond acceptors (Lipinski definition) is 3. The van der Waals surface area contributed by atoms with Crippen LogP contribution in [0.2, 0.25) is 5.02 Å². The maximum Gasteiger partial charge on any atom is 0.335 e. The van der Waals surface area contributed by atoms with E-state index >= 15 is 0 Å². The van der Waals surface area contributed by atoms with Crippen molar-refractivity contribution in [3.63, 3.8) is 0 Å². The van der Waals surface area contributed by atoms with Gasteiger partial charge in [0.2, 0.25) is 0 Å². The van der Waals surface area contributed by atoms with E-state index in [0.29, 0.717) is 33.3 Å². The third-order valence-electron chi connectivity index (χ3n) is 2.83. The zero-order chi connectivity index (χ0) is 16.1. The zero-order valence-electron chi connectivity index (χ0n) is 11.8. The number of benzene rings is 2. The van der Waals surface area contributed by atoms with E-state index < -0.39 is 5.97 Å². The molecule has 1 N–H and O–H groups in total. The summed E-state index contributed by atoms with van der Waals surface area (Å²) in [6.07, 6.45) is 0. The summed E-state index contributed by atoms with van der Waals surface area (Å²) in [6.45, 7) is 2.58. The molecule has 2 rings (SSSR count). The van der Waals surface area contributed by atoms with Crippen LogP contribution in [0.5, 0.6) is 11.5 Å². The van der Waals surface area contributed by atoms with E-state index in [1.54, 1.807) is 12.1 Å². The Morgan fingerprint density at radius 3 is 2.68 bits per heavy atom. The van der Waals surface area contributed by atoms with E-state index in [2.05, 4.69) is 0 Å². The maximum atomic E-state index is 11.1. The highest BCUT2D eigenvalue weighted by molar-refractivity contribution is 14.1. The normalized spacial score (nSPS) is 10.3. The van der Waals surface area contributed by atoms with Gasteiger partial charge in [-0.2, -0.15) is 0 Å². The first-order chi connectivity index (χ1) is 10.5. The molecule has 0 aliphatic carbocycles. The second kappa shape index (κ2) is 7.69. The summed E-state index contributed by atoms with van der Waals surface area (Å²) >= 11 is 7.99. The summed E-state index contributed by atoms with van der Waals surface area (Å²) in [7, 11) is 0. The summed E-state index contributed by atoms with van der Waals surface area (Å²) in [5, 5.41) is 9.76. The van der Waals surface area contributed by atoms with Gasteiger partial charge in [-0.3, -0.25) is 0 Å². The fraction of sp³-hybridized carbons (Fsp3) is 0.188. The molecule has 0 bridgehead atoms. The smallest absolute Gasteiger partial charge is 0.335 e. The average Bonchev–Trinajstić information content (AvgIpc) is 2.46. The lowest BCUT2D eigenvalue weighted by Gasteiger charge is -2.14. The number of hydrogen-bond donors (Lipinski definition) is 1. The highest BCUT2D eigenvalue weighted by atomic mass is 127. The van der Waals surface area contributed by atoms with Crippen LogP contribution in [-0.4, -0.2) is 17.7 Å². The molecule has 0 radical (unpaired) electrons. The van der Waals surface area contributed by atoms with Crippen molar-refractivity contribution in [3.8, 4) is 11.5 Å². The third-order valence-corrected chi connectivity index (χ3v) is 3.86. The van der Waals surface area contributed by atoms with Crippen LogP contribution in [0.25, 0.3) is 0 Å². The minimum atomic E-state index is -1.000. The Labute approximate surface area is 147 Å². The van der Waals surface area contributed by atoms with Gasteiger partial charge in [0, 0.05) is 5.02 Å². The molecule has 0 fully saturated rings. The zero-order valence-corrected chi connectivity index (χ0v) is 14.7. The fourth-order valence-electron chi connectivity index (χ4n) is 1.88. The molecule has 0 saturated carbocycles. The van der Waals surface area contributed by atoms with Crippen LogP contribution in [0.15, 0.2) is 36.4 Å². The van der Waals surface area contributed by atoms with Crippen molar-refractivity contribution >= 4 is 40.2 Å². The van der Waals surface area contributed by atoms with Gasteiger partial charge in [0.1, 0.15) is 6.61 Å². The molecule has 0 saturated heterocycles. The maximum absolute atomic E-state index is 11.1. The highest BCUT2D eigenvalue weighted by Crippen LogP contribution is 2.35. The van der Waals surface area contributed by atoms with E-state index in [1.165, 1.54) is 6.07 Å². The van der Waals surface area contributed by atoms with Crippen molar-refractivity contribution in [2.75, 3.05) is 6.61 Å². The van der Waals surface area contributed by atoms with Gasteiger partial charge in [0.25, 0.3) is 0 Å². The number of carbonyl (C=O) groups is 1. The number of carboxylic acids is 1. The van der Waals surface area contributed by atoms with Crippen molar-refractivity contribution in [1.29, 1.82) is 0 Å². The Kier molecular flexibility index (Phi) is 5.90. The summed E-state index contributed by atoms with van der Waals surface area (Å²) < 4.78 is 12.0. The minimum absolute atomic E-state index is 0.169. The lowest BCUT2D eigenvalue weighted by molar-refractivity contribution is 0.0696. The molecule has 0 heterocycles. The standard InChI is InChI=1S/C16H14ClIO4/c1-2-21-14-8-11(16(19)20)7-13(18)15(14)22-9-10-4-3-5-12(17)6-10/h3-8H,2,9H2,1H3,(H,19,20). The van der Waals surface area contributed by atoms with Crippen molar-refractivity contribution in [2.45, 2.75) is 13.5 Å². The Hall–Kier alpha value is -1.47. The Morgan fingerprint density at radius 1 is 1.27 bits per heavy atom. The van der Waals surface area contributed by atoms with Gasteiger partial charge >= 0.3 is 5.97 Å². The molecule has 22 heavy (non-hydrogen) atoms. The van der Waals surface area contributed by atoms with Crippen LogP contribution in [0.3, 0.4) is 0 Å². The fourth-order valence-corrected chi connectivity index (χ4v) is 2.85. The molecule has 116 valence electrons. The Bertz CT molecular complexity index is 688. The minimum Gasteiger partial charge on any atom is -0.490 e. The van der Waals surface area contributed by atoms with Crippen molar-refractivity contribution in [3.05, 3.63) is 56.1 Å². The van der Waals surface area contributed by atoms with Crippen LogP contribution in [-0.2, 0) is 6.61 Å².